The van der Waals surface area contributed by atoms with Crippen LogP contribution in [0.1, 0.15) is 76.5 Å². The molecule has 1 heterocycles. The first-order valence-electron chi connectivity index (χ1n) is 13.7. The van der Waals surface area contributed by atoms with Gasteiger partial charge in [-0.15, -0.1) is 5.10 Å². The van der Waals surface area contributed by atoms with Crippen LogP contribution in [0.25, 0.3) is 5.57 Å². The molecule has 1 aromatic carbocycles. The molecule has 0 saturated heterocycles. The van der Waals surface area contributed by atoms with E-state index >= 15 is 0 Å². The summed E-state index contributed by atoms with van der Waals surface area (Å²) < 4.78 is 14.1. The van der Waals surface area contributed by atoms with Gasteiger partial charge in [-0.1, -0.05) is 39.2 Å². The summed E-state index contributed by atoms with van der Waals surface area (Å²) in [6.45, 7) is 7.97. The molecular weight excluding hydrogens is 478 g/mol. The van der Waals surface area contributed by atoms with Crippen LogP contribution in [0.2, 0.25) is 0 Å². The Morgan fingerprint density at radius 3 is 2.76 bits per heavy atom. The van der Waals surface area contributed by atoms with Gasteiger partial charge in [0.15, 0.2) is 0 Å². The molecule has 2 aromatic rings. The van der Waals surface area contributed by atoms with Crippen LogP contribution < -0.4 is 25.8 Å². The molecular formula is C29H43N7O2. The molecule has 0 radical (unpaired) electrons. The third-order valence-electron chi connectivity index (χ3n) is 6.61. The standard InChI is InChI=1S/C29H43N7O2/c1-21(2)12-13-37-29-27(19-36(35-29)26-8-6-5-7-9-26)34-20-33-18-25(16-31)23-10-11-24(15-30)28(14-23)38-22(3)17-32-4/h10-11,14,16,18-19,21-22,26,32,34H,5-9,12-13,17,20,31H2,1-4H3/b25-16+,33-18?/t22-/m0/s1. The Bertz CT molecular complexity index is 1110. The van der Waals surface area contributed by atoms with Gasteiger partial charge in [0, 0.05) is 24.5 Å². The molecule has 1 aliphatic carbocycles. The Morgan fingerprint density at radius 2 is 2.08 bits per heavy atom. The first kappa shape index (κ1) is 29.1. The van der Waals surface area contributed by atoms with Crippen molar-refractivity contribution < 1.29 is 9.47 Å². The Balaban J connectivity index is 1.68. The normalized spacial score (nSPS) is 15.5. The van der Waals surface area contributed by atoms with E-state index in [1.807, 2.05) is 32.3 Å². The van der Waals surface area contributed by atoms with E-state index in [1.165, 1.54) is 25.5 Å². The van der Waals surface area contributed by atoms with Crippen molar-refractivity contribution in [1.29, 1.82) is 5.26 Å². The molecule has 0 unspecified atom stereocenters. The highest BCUT2D eigenvalue weighted by Gasteiger charge is 2.19. The van der Waals surface area contributed by atoms with E-state index in [0.717, 1.165) is 36.1 Å². The summed E-state index contributed by atoms with van der Waals surface area (Å²) in [6, 6.07) is 8.03. The molecule has 38 heavy (non-hydrogen) atoms. The molecule has 206 valence electrons. The topological polar surface area (TPSA) is 123 Å². The summed E-state index contributed by atoms with van der Waals surface area (Å²) in [4.78, 5) is 4.56. The SMILES string of the molecule is CNC[C@H](C)Oc1cc(/C(C=NCNc2cn(C3CCCCC3)nc2OCCC(C)C)=C/N)ccc1C#N. The predicted octanol–water partition coefficient (Wildman–Crippen LogP) is 5.11. The average molecular weight is 522 g/mol. The van der Waals surface area contributed by atoms with Crippen molar-refractivity contribution in [2.75, 3.05) is 32.2 Å². The van der Waals surface area contributed by atoms with Gasteiger partial charge in [0.1, 0.15) is 30.3 Å². The van der Waals surface area contributed by atoms with Gasteiger partial charge in [0.05, 0.1) is 24.4 Å². The van der Waals surface area contributed by atoms with Crippen LogP contribution in [-0.2, 0) is 0 Å². The zero-order valence-corrected chi connectivity index (χ0v) is 23.2. The Kier molecular flexibility index (Phi) is 11.5. The predicted molar refractivity (Wildman–Crippen MR) is 154 cm³/mol. The maximum absolute atomic E-state index is 9.48. The molecule has 0 aliphatic heterocycles. The molecule has 0 bridgehead atoms. The second kappa shape index (κ2) is 15.0. The Hall–Kier alpha value is -3.51. The van der Waals surface area contributed by atoms with Gasteiger partial charge >= 0.3 is 0 Å². The molecule has 1 aromatic heterocycles. The number of aromatic nitrogens is 2. The minimum Gasteiger partial charge on any atom is -0.488 e. The number of nitrogens with one attached hydrogen (secondary N) is 2. The third-order valence-corrected chi connectivity index (χ3v) is 6.61. The van der Waals surface area contributed by atoms with Gasteiger partial charge in [-0.2, -0.15) is 5.26 Å². The van der Waals surface area contributed by atoms with Gasteiger partial charge in [-0.25, -0.2) is 0 Å². The monoisotopic (exact) mass is 521 g/mol. The summed E-state index contributed by atoms with van der Waals surface area (Å²) in [5.74, 6) is 1.72. The average Bonchev–Trinajstić information content (AvgIpc) is 3.32. The number of allylic oxidation sites excluding steroid dienone is 1. The zero-order chi connectivity index (χ0) is 27.3. The fourth-order valence-corrected chi connectivity index (χ4v) is 4.45. The van der Waals surface area contributed by atoms with E-state index in [9.17, 15) is 5.26 Å². The van der Waals surface area contributed by atoms with Crippen molar-refractivity contribution in [1.82, 2.24) is 15.1 Å². The van der Waals surface area contributed by atoms with Crippen molar-refractivity contribution in [2.24, 2.45) is 16.6 Å². The minimum absolute atomic E-state index is 0.0861. The number of aliphatic imine (C=N–C) groups is 1. The van der Waals surface area contributed by atoms with Crippen LogP contribution in [-0.4, -0.2) is 49.0 Å². The van der Waals surface area contributed by atoms with Crippen molar-refractivity contribution in [3.05, 3.63) is 41.7 Å². The molecule has 4 N–H and O–H groups in total. The Morgan fingerprint density at radius 1 is 1.29 bits per heavy atom. The zero-order valence-electron chi connectivity index (χ0n) is 23.2. The van der Waals surface area contributed by atoms with Gasteiger partial charge in [-0.05, 0) is 56.8 Å². The number of nitrogens with two attached hydrogens (primary N) is 1. The Labute approximate surface area is 227 Å². The smallest absolute Gasteiger partial charge is 0.256 e. The van der Waals surface area contributed by atoms with E-state index in [4.69, 9.17) is 20.3 Å². The van der Waals surface area contributed by atoms with Crippen molar-refractivity contribution in [3.8, 4) is 17.7 Å². The van der Waals surface area contributed by atoms with Crippen LogP contribution in [0.4, 0.5) is 5.69 Å². The van der Waals surface area contributed by atoms with Crippen LogP contribution >= 0.6 is 0 Å². The van der Waals surface area contributed by atoms with Gasteiger partial charge < -0.3 is 25.8 Å². The summed E-state index contributed by atoms with van der Waals surface area (Å²) in [5, 5.41) is 20.7. The van der Waals surface area contributed by atoms with Crippen molar-refractivity contribution in [2.45, 2.75) is 71.4 Å². The molecule has 0 spiro atoms. The quantitative estimate of drug-likeness (QED) is 0.295. The van der Waals surface area contributed by atoms with E-state index in [-0.39, 0.29) is 6.10 Å². The highest BCUT2D eigenvalue weighted by Crippen LogP contribution is 2.32. The lowest BCUT2D eigenvalue weighted by atomic mass is 9.96. The fraction of sp³-hybridized carbons (Fsp3) is 0.552. The molecule has 9 nitrogen and oxygen atoms in total. The number of nitrogens with zero attached hydrogens (tertiary/aromatic N) is 4. The van der Waals surface area contributed by atoms with Crippen LogP contribution in [0.15, 0.2) is 35.6 Å². The molecule has 9 heteroatoms. The minimum atomic E-state index is -0.0861. The lowest BCUT2D eigenvalue weighted by Crippen LogP contribution is -2.26. The fourth-order valence-electron chi connectivity index (χ4n) is 4.45. The molecule has 1 saturated carbocycles. The highest BCUT2D eigenvalue weighted by atomic mass is 16.5. The van der Waals surface area contributed by atoms with Crippen molar-refractivity contribution >= 4 is 17.5 Å². The summed E-state index contributed by atoms with van der Waals surface area (Å²) in [7, 11) is 1.86. The number of likely N-dealkylation sites (N-methyl/N-ethyl adjacent to an activating group) is 1. The lowest BCUT2D eigenvalue weighted by Gasteiger charge is -2.21. The molecule has 3 rings (SSSR count). The van der Waals surface area contributed by atoms with Crippen LogP contribution in [0.5, 0.6) is 11.6 Å². The van der Waals surface area contributed by atoms with Crippen molar-refractivity contribution in [3.63, 3.8) is 0 Å². The first-order chi connectivity index (χ1) is 18.4. The largest absolute Gasteiger partial charge is 0.488 e. The number of hydrogen-bond acceptors (Lipinski definition) is 8. The number of rotatable bonds is 14. The number of anilines is 1. The lowest BCUT2D eigenvalue weighted by molar-refractivity contribution is 0.220. The number of hydrogen-bond donors (Lipinski definition) is 3. The number of nitriles is 1. The van der Waals surface area contributed by atoms with Gasteiger partial charge in [0.25, 0.3) is 5.88 Å². The maximum Gasteiger partial charge on any atom is 0.256 e. The first-order valence-corrected chi connectivity index (χ1v) is 13.7. The highest BCUT2D eigenvalue weighted by molar-refractivity contribution is 6.09. The third kappa shape index (κ3) is 8.52. The molecule has 1 aliphatic rings. The second-order valence-electron chi connectivity index (χ2n) is 10.2. The van der Waals surface area contributed by atoms with Crippen LogP contribution in [0.3, 0.4) is 0 Å². The number of benzene rings is 1. The summed E-state index contributed by atoms with van der Waals surface area (Å²) in [6.07, 6.45) is 12.3. The van der Waals surface area contributed by atoms with E-state index in [0.29, 0.717) is 49.0 Å². The van der Waals surface area contributed by atoms with E-state index in [1.54, 1.807) is 12.3 Å². The summed E-state index contributed by atoms with van der Waals surface area (Å²) >= 11 is 0. The number of ether oxygens (including phenoxy) is 2. The maximum atomic E-state index is 9.48. The van der Waals surface area contributed by atoms with Gasteiger partial charge in [-0.3, -0.25) is 9.67 Å². The van der Waals surface area contributed by atoms with E-state index < -0.39 is 0 Å². The van der Waals surface area contributed by atoms with Gasteiger partial charge in [0.2, 0.25) is 0 Å². The molecule has 0 amide bonds. The molecule has 1 atom stereocenters. The van der Waals surface area contributed by atoms with Crippen LogP contribution in [0, 0.1) is 17.2 Å². The molecule has 1 fully saturated rings. The summed E-state index contributed by atoms with van der Waals surface area (Å²) in [5.41, 5.74) is 8.82. The van der Waals surface area contributed by atoms with E-state index in [2.05, 4.69) is 40.2 Å². The second-order valence-corrected chi connectivity index (χ2v) is 10.2.